The van der Waals surface area contributed by atoms with Crippen molar-refractivity contribution in [2.75, 3.05) is 5.75 Å². The third kappa shape index (κ3) is 25.2. The topological polar surface area (TPSA) is 124 Å². The minimum absolute atomic E-state index is 0.261. The molecule has 0 aliphatic rings. The van der Waals surface area contributed by atoms with Crippen LogP contribution in [-0.4, -0.2) is 53.1 Å². The summed E-state index contributed by atoms with van der Waals surface area (Å²) in [5.74, 6) is -1.56. The van der Waals surface area contributed by atoms with E-state index in [-0.39, 0.29) is 6.42 Å². The van der Waals surface area contributed by atoms with Crippen LogP contribution in [0.5, 0.6) is 0 Å². The molecule has 39 heavy (non-hydrogen) atoms. The number of hydrogen-bond donors (Lipinski definition) is 4. The molecule has 0 saturated heterocycles. The zero-order valence-electron chi connectivity index (χ0n) is 24.6. The molecule has 0 spiro atoms. The largest absolute Gasteiger partial charge is 0.387 e. The van der Waals surface area contributed by atoms with Crippen molar-refractivity contribution in [3.05, 3.63) is 36.5 Å². The van der Waals surface area contributed by atoms with Gasteiger partial charge < -0.3 is 15.5 Å². The van der Waals surface area contributed by atoms with E-state index in [1.165, 1.54) is 44.6 Å². The monoisotopic (exact) mass is 571 g/mol. The fraction of sp³-hybridized carbons (Fsp3) is 0.774. The molecule has 0 aliphatic carbocycles. The Morgan fingerprint density at radius 3 is 1.74 bits per heavy atom. The average molecular weight is 572 g/mol. The summed E-state index contributed by atoms with van der Waals surface area (Å²) < 4.78 is 32.1. The van der Waals surface area contributed by atoms with Crippen LogP contribution in [0.4, 0.5) is 0 Å². The Kier molecular flexibility index (Phi) is 24.5. The summed E-state index contributed by atoms with van der Waals surface area (Å²) in [5.41, 5.74) is 0. The van der Waals surface area contributed by atoms with E-state index in [1.807, 2.05) is 0 Å². The normalized spacial score (nSPS) is 14.9. The van der Waals surface area contributed by atoms with Crippen molar-refractivity contribution in [1.29, 1.82) is 0 Å². The molecular weight excluding hydrogens is 514 g/mol. The summed E-state index contributed by atoms with van der Waals surface area (Å²) in [6, 6.07) is -1.23. The first kappa shape index (κ1) is 37.5. The number of nitrogens with one attached hydrogen (secondary N) is 1. The van der Waals surface area contributed by atoms with E-state index in [2.05, 4.69) is 43.5 Å². The summed E-state index contributed by atoms with van der Waals surface area (Å²) >= 11 is 0. The predicted molar refractivity (Wildman–Crippen MR) is 162 cm³/mol. The molecule has 3 atom stereocenters. The number of unbranched alkanes of at least 4 members (excludes halogenated alkanes) is 14. The number of aliphatic hydroxyl groups is 2. The molecule has 8 heteroatoms. The van der Waals surface area contributed by atoms with Crippen LogP contribution >= 0.6 is 0 Å². The van der Waals surface area contributed by atoms with Gasteiger partial charge in [-0.1, -0.05) is 121 Å². The zero-order valence-corrected chi connectivity index (χ0v) is 25.4. The molecule has 0 aromatic heterocycles. The Bertz CT molecular complexity index is 778. The number of aliphatic hydroxyl groups excluding tert-OH is 2. The Labute approximate surface area is 239 Å². The first-order valence-electron chi connectivity index (χ1n) is 15.3. The summed E-state index contributed by atoms with van der Waals surface area (Å²) in [6.45, 7) is 4.38. The number of amides is 1. The number of allylic oxidation sites excluding steroid dienone is 5. The van der Waals surface area contributed by atoms with Gasteiger partial charge in [-0.05, 0) is 44.9 Å². The highest BCUT2D eigenvalue weighted by molar-refractivity contribution is 7.85. The van der Waals surface area contributed by atoms with Gasteiger partial charge in [0.15, 0.2) is 0 Å². The maximum absolute atomic E-state index is 12.4. The third-order valence-electron chi connectivity index (χ3n) is 6.70. The number of hydrogen-bond acceptors (Lipinski definition) is 5. The smallest absolute Gasteiger partial charge is 0.267 e. The molecule has 4 N–H and O–H groups in total. The second-order valence-corrected chi connectivity index (χ2v) is 12.0. The van der Waals surface area contributed by atoms with Gasteiger partial charge in [-0.25, -0.2) is 0 Å². The maximum Gasteiger partial charge on any atom is 0.267 e. The van der Waals surface area contributed by atoms with E-state index in [4.69, 9.17) is 0 Å². The van der Waals surface area contributed by atoms with Gasteiger partial charge in [0, 0.05) is 0 Å². The first-order valence-corrected chi connectivity index (χ1v) is 16.9. The van der Waals surface area contributed by atoms with Gasteiger partial charge in [0.25, 0.3) is 10.1 Å². The molecule has 1 amide bonds. The molecule has 3 unspecified atom stereocenters. The number of carbonyl (C=O) groups is 1. The standard InChI is InChI=1S/C31H57NO6S/c1-3-5-7-9-11-13-14-15-16-17-18-20-22-24-26-30(34)31(35)32-28(27-39(36,37)38)29(33)25-23-21-19-12-10-8-6-4-2/h11,13-15,23,25,28-30,33-34H,3-10,12,16-22,24,26-27H2,1-2H3,(H,32,35)(H,36,37,38)/b13-11-,15-14-,25-23+. The molecule has 0 bridgehead atoms. The van der Waals surface area contributed by atoms with Crippen LogP contribution in [0.3, 0.4) is 0 Å². The lowest BCUT2D eigenvalue weighted by Gasteiger charge is -2.22. The van der Waals surface area contributed by atoms with Crippen molar-refractivity contribution in [3.63, 3.8) is 0 Å². The summed E-state index contributed by atoms with van der Waals surface area (Å²) in [6.07, 6.45) is 27.9. The lowest BCUT2D eigenvalue weighted by molar-refractivity contribution is -0.130. The van der Waals surface area contributed by atoms with Crippen LogP contribution in [0.1, 0.15) is 129 Å². The number of rotatable bonds is 26. The molecule has 0 fully saturated rings. The molecule has 228 valence electrons. The van der Waals surface area contributed by atoms with Crippen LogP contribution in [0.15, 0.2) is 36.5 Å². The van der Waals surface area contributed by atoms with E-state index in [9.17, 15) is 28.0 Å². The third-order valence-corrected chi connectivity index (χ3v) is 7.48. The second-order valence-electron chi connectivity index (χ2n) is 10.6. The Hall–Kier alpha value is -1.48. The average Bonchev–Trinajstić information content (AvgIpc) is 2.88. The maximum atomic E-state index is 12.4. The van der Waals surface area contributed by atoms with E-state index in [0.717, 1.165) is 64.2 Å². The highest BCUT2D eigenvalue weighted by atomic mass is 32.2. The summed E-state index contributed by atoms with van der Waals surface area (Å²) in [4.78, 5) is 12.4. The van der Waals surface area contributed by atoms with Crippen LogP contribution in [-0.2, 0) is 14.9 Å². The molecular formula is C31H57NO6S. The van der Waals surface area contributed by atoms with Gasteiger partial charge in [0.05, 0.1) is 17.9 Å². The molecule has 7 nitrogen and oxygen atoms in total. The summed E-state index contributed by atoms with van der Waals surface area (Å²) in [7, 11) is -4.43. The fourth-order valence-corrected chi connectivity index (χ4v) is 5.00. The van der Waals surface area contributed by atoms with Crippen molar-refractivity contribution in [1.82, 2.24) is 5.32 Å². The van der Waals surface area contributed by atoms with E-state index in [1.54, 1.807) is 6.08 Å². The van der Waals surface area contributed by atoms with Crippen molar-refractivity contribution in [2.45, 2.75) is 148 Å². The lowest BCUT2D eigenvalue weighted by atomic mass is 10.1. The van der Waals surface area contributed by atoms with Gasteiger partial charge >= 0.3 is 0 Å². The Balaban J connectivity index is 4.25. The van der Waals surface area contributed by atoms with Crippen LogP contribution < -0.4 is 5.32 Å². The fourth-order valence-electron chi connectivity index (χ4n) is 4.27. The molecule has 0 radical (unpaired) electrons. The molecule has 0 aromatic rings. The highest BCUT2D eigenvalue weighted by Crippen LogP contribution is 2.11. The highest BCUT2D eigenvalue weighted by Gasteiger charge is 2.27. The molecule has 0 heterocycles. The zero-order chi connectivity index (χ0) is 29.2. The van der Waals surface area contributed by atoms with Crippen molar-refractivity contribution < 1.29 is 28.0 Å². The van der Waals surface area contributed by atoms with Gasteiger partial charge in [-0.3, -0.25) is 9.35 Å². The number of carbonyl (C=O) groups excluding carboxylic acids is 1. The van der Waals surface area contributed by atoms with Crippen LogP contribution in [0, 0.1) is 0 Å². The van der Waals surface area contributed by atoms with Crippen LogP contribution in [0.2, 0.25) is 0 Å². The van der Waals surface area contributed by atoms with Gasteiger partial charge in [0.1, 0.15) is 6.10 Å². The van der Waals surface area contributed by atoms with Crippen molar-refractivity contribution in [2.24, 2.45) is 0 Å². The predicted octanol–water partition coefficient (Wildman–Crippen LogP) is 6.81. The Morgan fingerprint density at radius 1 is 0.718 bits per heavy atom. The molecule has 0 rings (SSSR count). The van der Waals surface area contributed by atoms with Gasteiger partial charge in [0.2, 0.25) is 5.91 Å². The molecule has 0 saturated carbocycles. The first-order chi connectivity index (χ1) is 18.7. The van der Waals surface area contributed by atoms with Crippen molar-refractivity contribution >= 4 is 16.0 Å². The second kappa shape index (κ2) is 25.5. The Morgan fingerprint density at radius 2 is 1.18 bits per heavy atom. The van der Waals surface area contributed by atoms with E-state index in [0.29, 0.717) is 6.42 Å². The molecule has 0 aliphatic heterocycles. The van der Waals surface area contributed by atoms with E-state index >= 15 is 0 Å². The lowest BCUT2D eigenvalue weighted by Crippen LogP contribution is -2.50. The minimum Gasteiger partial charge on any atom is -0.387 e. The van der Waals surface area contributed by atoms with Crippen LogP contribution in [0.25, 0.3) is 0 Å². The quantitative estimate of drug-likeness (QED) is 0.0391. The van der Waals surface area contributed by atoms with Gasteiger partial charge in [-0.15, -0.1) is 0 Å². The molecule has 0 aromatic carbocycles. The summed E-state index contributed by atoms with van der Waals surface area (Å²) in [5, 5.41) is 23.1. The SMILES string of the molecule is CCCCC/C=C\C=C/CCCCCCCC(O)C(=O)NC(CS(=O)(=O)O)C(O)/C=C/CCCCCCCC. The van der Waals surface area contributed by atoms with Crippen molar-refractivity contribution in [3.8, 4) is 0 Å². The van der Waals surface area contributed by atoms with Gasteiger partial charge in [-0.2, -0.15) is 8.42 Å². The van der Waals surface area contributed by atoms with E-state index < -0.39 is 40.0 Å². The minimum atomic E-state index is -4.43.